The first-order chi connectivity index (χ1) is 19.0. The molecule has 0 fully saturated rings. The van der Waals surface area contributed by atoms with Crippen LogP contribution in [-0.4, -0.2) is 75.1 Å². The summed E-state index contributed by atoms with van der Waals surface area (Å²) in [6.07, 6.45) is -1.66. The maximum atomic E-state index is 13.2. The molecule has 0 heterocycles. The van der Waals surface area contributed by atoms with Crippen molar-refractivity contribution in [2.45, 2.75) is 56.3 Å². The van der Waals surface area contributed by atoms with Gasteiger partial charge < -0.3 is 37.0 Å². The van der Waals surface area contributed by atoms with E-state index < -0.39 is 72.6 Å². The second-order valence-corrected chi connectivity index (χ2v) is 9.04. The Kier molecular flexibility index (Phi) is 12.3. The van der Waals surface area contributed by atoms with E-state index in [1.54, 1.807) is 60.7 Å². The first-order valence-corrected chi connectivity index (χ1v) is 12.4. The summed E-state index contributed by atoms with van der Waals surface area (Å²) in [5, 5.41) is 34.4. The third kappa shape index (κ3) is 10.9. The van der Waals surface area contributed by atoms with Crippen LogP contribution in [0, 0.1) is 0 Å². The van der Waals surface area contributed by atoms with Crippen LogP contribution in [-0.2, 0) is 41.6 Å². The van der Waals surface area contributed by atoms with Gasteiger partial charge in [-0.05, 0) is 24.0 Å². The minimum absolute atomic E-state index is 0.106. The zero-order valence-electron chi connectivity index (χ0n) is 21.5. The second-order valence-electron chi connectivity index (χ2n) is 9.04. The number of hydrogen-bond donors (Lipinski definition) is 7. The summed E-state index contributed by atoms with van der Waals surface area (Å²) in [4.78, 5) is 72.7. The Bertz CT molecular complexity index is 1190. The van der Waals surface area contributed by atoms with E-state index in [4.69, 9.17) is 15.9 Å². The van der Waals surface area contributed by atoms with Crippen molar-refractivity contribution in [1.82, 2.24) is 16.0 Å². The molecule has 0 saturated carbocycles. The molecule has 40 heavy (non-hydrogen) atoms. The lowest BCUT2D eigenvalue weighted by atomic mass is 10.0. The molecule has 0 aliphatic heterocycles. The van der Waals surface area contributed by atoms with Gasteiger partial charge in [0.25, 0.3) is 0 Å². The lowest BCUT2D eigenvalue weighted by Gasteiger charge is -2.25. The summed E-state index contributed by atoms with van der Waals surface area (Å²) in [6.45, 7) is 0. The standard InChI is InChI=1S/C27H32N4O9/c28-18(13-16-7-3-1-4-8-16)24(36)29-19(11-12-22(32)33)25(37)30-20(14-17-9-5-2-6-10-17)26(38)31-21(27(39)40)15-23(34)35/h1-10,18-21H,11-15,28H2,(H,29,36)(H,30,37)(H,31,38)(H,32,33)(H,34,35)(H,39,40). The molecule has 0 aromatic heterocycles. The van der Waals surface area contributed by atoms with Crippen LogP contribution in [0.3, 0.4) is 0 Å². The van der Waals surface area contributed by atoms with Gasteiger partial charge in [-0.1, -0.05) is 60.7 Å². The maximum absolute atomic E-state index is 13.2. The van der Waals surface area contributed by atoms with E-state index in [0.29, 0.717) is 5.56 Å². The van der Waals surface area contributed by atoms with Crippen LogP contribution in [0.4, 0.5) is 0 Å². The smallest absolute Gasteiger partial charge is 0.326 e. The van der Waals surface area contributed by atoms with Crippen LogP contribution in [0.15, 0.2) is 60.7 Å². The minimum atomic E-state index is -1.77. The third-order valence-electron chi connectivity index (χ3n) is 5.82. The molecule has 2 rings (SSSR count). The van der Waals surface area contributed by atoms with Crippen molar-refractivity contribution in [2.75, 3.05) is 0 Å². The topological polar surface area (TPSA) is 225 Å². The average Bonchev–Trinajstić information content (AvgIpc) is 2.90. The van der Waals surface area contributed by atoms with Crippen molar-refractivity contribution in [3.63, 3.8) is 0 Å². The van der Waals surface area contributed by atoms with Gasteiger partial charge in [-0.15, -0.1) is 0 Å². The van der Waals surface area contributed by atoms with Crippen molar-refractivity contribution in [3.05, 3.63) is 71.8 Å². The Morgan fingerprint density at radius 1 is 0.625 bits per heavy atom. The molecule has 0 radical (unpaired) electrons. The molecular weight excluding hydrogens is 524 g/mol. The van der Waals surface area contributed by atoms with Crippen molar-refractivity contribution in [2.24, 2.45) is 5.73 Å². The van der Waals surface area contributed by atoms with E-state index in [1.165, 1.54) is 0 Å². The summed E-state index contributed by atoms with van der Waals surface area (Å²) in [5.41, 5.74) is 7.36. The number of rotatable bonds is 16. The molecule has 13 nitrogen and oxygen atoms in total. The zero-order chi connectivity index (χ0) is 29.7. The first-order valence-electron chi connectivity index (χ1n) is 12.4. The van der Waals surface area contributed by atoms with Crippen LogP contribution in [0.25, 0.3) is 0 Å². The quantitative estimate of drug-likeness (QED) is 0.143. The Labute approximate surface area is 229 Å². The van der Waals surface area contributed by atoms with Gasteiger partial charge in [0, 0.05) is 12.8 Å². The number of carbonyl (C=O) groups is 6. The molecule has 3 amide bonds. The van der Waals surface area contributed by atoms with E-state index >= 15 is 0 Å². The lowest BCUT2D eigenvalue weighted by Crippen LogP contribution is -2.58. The van der Waals surface area contributed by atoms with Crippen LogP contribution in [0.1, 0.15) is 30.4 Å². The monoisotopic (exact) mass is 556 g/mol. The molecule has 0 aliphatic carbocycles. The molecule has 214 valence electrons. The minimum Gasteiger partial charge on any atom is -0.481 e. The summed E-state index contributed by atoms with van der Waals surface area (Å²) in [7, 11) is 0. The molecule has 2 aromatic carbocycles. The largest absolute Gasteiger partial charge is 0.481 e. The van der Waals surface area contributed by atoms with Crippen LogP contribution in [0.5, 0.6) is 0 Å². The molecule has 0 aliphatic rings. The molecule has 4 atom stereocenters. The number of nitrogens with two attached hydrogens (primary N) is 1. The zero-order valence-corrected chi connectivity index (χ0v) is 21.5. The number of carboxylic acids is 3. The van der Waals surface area contributed by atoms with Gasteiger partial charge in [-0.25, -0.2) is 4.79 Å². The van der Waals surface area contributed by atoms with Gasteiger partial charge >= 0.3 is 17.9 Å². The fraction of sp³-hybridized carbons (Fsp3) is 0.333. The number of carbonyl (C=O) groups excluding carboxylic acids is 3. The van der Waals surface area contributed by atoms with Gasteiger partial charge in [0.1, 0.15) is 18.1 Å². The number of aliphatic carboxylic acids is 3. The van der Waals surface area contributed by atoms with E-state index in [1.807, 2.05) is 0 Å². The number of benzene rings is 2. The Hall–Kier alpha value is -4.78. The predicted molar refractivity (Wildman–Crippen MR) is 141 cm³/mol. The van der Waals surface area contributed by atoms with Gasteiger partial charge in [-0.2, -0.15) is 0 Å². The predicted octanol–water partition coefficient (Wildman–Crippen LogP) is -0.322. The summed E-state index contributed by atoms with van der Waals surface area (Å²) in [5.74, 6) is -6.86. The Morgan fingerprint density at radius 2 is 1.10 bits per heavy atom. The molecule has 8 N–H and O–H groups in total. The number of amides is 3. The molecule has 0 saturated heterocycles. The fourth-order valence-electron chi connectivity index (χ4n) is 3.75. The third-order valence-corrected chi connectivity index (χ3v) is 5.82. The highest BCUT2D eigenvalue weighted by molar-refractivity contribution is 5.95. The van der Waals surface area contributed by atoms with Gasteiger partial charge in [0.05, 0.1) is 12.5 Å². The highest BCUT2D eigenvalue weighted by atomic mass is 16.4. The maximum Gasteiger partial charge on any atom is 0.326 e. The molecule has 2 aromatic rings. The summed E-state index contributed by atoms with van der Waals surface area (Å²) in [6, 6.07) is 11.7. The van der Waals surface area contributed by atoms with E-state index in [2.05, 4.69) is 16.0 Å². The molecule has 4 unspecified atom stereocenters. The van der Waals surface area contributed by atoms with E-state index in [-0.39, 0.29) is 19.3 Å². The van der Waals surface area contributed by atoms with Crippen molar-refractivity contribution < 1.29 is 44.1 Å². The first kappa shape index (κ1) is 31.4. The summed E-state index contributed by atoms with van der Waals surface area (Å²) >= 11 is 0. The highest BCUT2D eigenvalue weighted by Gasteiger charge is 2.31. The van der Waals surface area contributed by atoms with Crippen LogP contribution >= 0.6 is 0 Å². The lowest BCUT2D eigenvalue weighted by molar-refractivity contribution is -0.147. The van der Waals surface area contributed by atoms with Gasteiger partial charge in [-0.3, -0.25) is 24.0 Å². The molecular formula is C27H32N4O9. The summed E-state index contributed by atoms with van der Waals surface area (Å²) < 4.78 is 0. The normalized spacial score (nSPS) is 13.6. The van der Waals surface area contributed by atoms with Crippen molar-refractivity contribution in [1.29, 1.82) is 0 Å². The van der Waals surface area contributed by atoms with Crippen LogP contribution < -0.4 is 21.7 Å². The van der Waals surface area contributed by atoms with Crippen molar-refractivity contribution >= 4 is 35.6 Å². The highest BCUT2D eigenvalue weighted by Crippen LogP contribution is 2.08. The SMILES string of the molecule is NC(Cc1ccccc1)C(=O)NC(CCC(=O)O)C(=O)NC(Cc1ccccc1)C(=O)NC(CC(=O)O)C(=O)O. The van der Waals surface area contributed by atoms with E-state index in [0.717, 1.165) is 5.56 Å². The Balaban J connectivity index is 2.22. The fourth-order valence-corrected chi connectivity index (χ4v) is 3.75. The van der Waals surface area contributed by atoms with E-state index in [9.17, 15) is 33.9 Å². The number of carboxylic acid groups (broad SMARTS) is 3. The average molecular weight is 557 g/mol. The van der Waals surface area contributed by atoms with Gasteiger partial charge in [0.2, 0.25) is 17.7 Å². The van der Waals surface area contributed by atoms with Crippen molar-refractivity contribution in [3.8, 4) is 0 Å². The molecule has 0 bridgehead atoms. The number of hydrogen-bond acceptors (Lipinski definition) is 7. The Morgan fingerprint density at radius 3 is 1.60 bits per heavy atom. The molecule has 0 spiro atoms. The number of nitrogens with one attached hydrogen (secondary N) is 3. The second kappa shape index (κ2) is 15.6. The molecule has 13 heteroatoms. The van der Waals surface area contributed by atoms with Gasteiger partial charge in [0.15, 0.2) is 0 Å². The van der Waals surface area contributed by atoms with Crippen LogP contribution in [0.2, 0.25) is 0 Å².